The third-order valence-electron chi connectivity index (χ3n) is 4.30. The highest BCUT2D eigenvalue weighted by atomic mass is 32.2. The molecule has 0 aliphatic carbocycles. The Hall–Kier alpha value is -1.31. The molecule has 0 radical (unpaired) electrons. The van der Waals surface area contributed by atoms with Gasteiger partial charge in [-0.1, -0.05) is 13.0 Å². The molecular weight excluding hydrogens is 304 g/mol. The maximum absolute atomic E-state index is 12.6. The molecule has 0 amide bonds. The highest BCUT2D eigenvalue weighted by molar-refractivity contribution is 7.86. The normalized spacial score (nSPS) is 19.8. The van der Waals surface area contributed by atoms with E-state index in [2.05, 4.69) is 6.92 Å². The van der Waals surface area contributed by atoms with Gasteiger partial charge in [0.25, 0.3) is 10.2 Å². The molecule has 0 spiro atoms. The zero-order chi connectivity index (χ0) is 15.7. The van der Waals surface area contributed by atoms with Crippen LogP contribution in [0.3, 0.4) is 0 Å². The molecule has 0 N–H and O–H groups in total. The molecular formula is C15H22N2O4S. The molecule has 122 valence electrons. The van der Waals surface area contributed by atoms with Crippen molar-refractivity contribution in [1.29, 1.82) is 0 Å². The molecule has 1 saturated heterocycles. The molecule has 0 unspecified atom stereocenters. The second-order valence-corrected chi connectivity index (χ2v) is 8.07. The average Bonchev–Trinajstić information content (AvgIpc) is 2.95. The van der Waals surface area contributed by atoms with E-state index < -0.39 is 10.2 Å². The van der Waals surface area contributed by atoms with Crippen LogP contribution in [0.5, 0.6) is 11.5 Å². The van der Waals surface area contributed by atoms with E-state index in [9.17, 15) is 8.42 Å². The van der Waals surface area contributed by atoms with Gasteiger partial charge in [0.1, 0.15) is 0 Å². The second kappa shape index (κ2) is 6.06. The van der Waals surface area contributed by atoms with E-state index in [1.807, 2.05) is 18.2 Å². The molecule has 2 aliphatic heterocycles. The summed E-state index contributed by atoms with van der Waals surface area (Å²) in [5.41, 5.74) is 0.890. The lowest BCUT2D eigenvalue weighted by molar-refractivity contribution is 0.174. The lowest BCUT2D eigenvalue weighted by Crippen LogP contribution is -2.45. The largest absolute Gasteiger partial charge is 0.454 e. The van der Waals surface area contributed by atoms with Gasteiger partial charge in [-0.25, -0.2) is 0 Å². The van der Waals surface area contributed by atoms with Gasteiger partial charge >= 0.3 is 0 Å². The fourth-order valence-corrected chi connectivity index (χ4v) is 4.17. The van der Waals surface area contributed by atoms with Crippen molar-refractivity contribution in [3.63, 3.8) is 0 Å². The predicted molar refractivity (Wildman–Crippen MR) is 82.9 cm³/mol. The van der Waals surface area contributed by atoms with Crippen molar-refractivity contribution in [1.82, 2.24) is 8.61 Å². The van der Waals surface area contributed by atoms with Gasteiger partial charge in [-0.05, 0) is 36.5 Å². The molecule has 0 saturated carbocycles. The van der Waals surface area contributed by atoms with Crippen LogP contribution in [0.2, 0.25) is 0 Å². The highest BCUT2D eigenvalue weighted by Crippen LogP contribution is 2.33. The van der Waals surface area contributed by atoms with Gasteiger partial charge in [0.2, 0.25) is 6.79 Å². The van der Waals surface area contributed by atoms with Crippen LogP contribution >= 0.6 is 0 Å². The Balaban J connectivity index is 1.69. The van der Waals surface area contributed by atoms with Gasteiger partial charge in [0.05, 0.1) is 0 Å². The summed E-state index contributed by atoms with van der Waals surface area (Å²) in [5.74, 6) is 1.99. The second-order valence-electron chi connectivity index (χ2n) is 6.03. The van der Waals surface area contributed by atoms with Crippen LogP contribution in [-0.2, 0) is 16.8 Å². The molecule has 6 nitrogen and oxygen atoms in total. The number of fused-ring (bicyclic) bond motifs is 1. The molecule has 1 aromatic rings. The van der Waals surface area contributed by atoms with E-state index in [1.54, 1.807) is 11.4 Å². The third-order valence-corrected chi connectivity index (χ3v) is 6.24. The topological polar surface area (TPSA) is 59.1 Å². The Bertz CT molecular complexity index is 639. The number of rotatable bonds is 4. The Kier molecular flexibility index (Phi) is 4.29. The minimum Gasteiger partial charge on any atom is -0.454 e. The smallest absolute Gasteiger partial charge is 0.282 e. The maximum Gasteiger partial charge on any atom is 0.282 e. The quantitative estimate of drug-likeness (QED) is 0.847. The predicted octanol–water partition coefficient (Wildman–Crippen LogP) is 1.82. The van der Waals surface area contributed by atoms with Gasteiger partial charge < -0.3 is 9.47 Å². The van der Waals surface area contributed by atoms with Crippen molar-refractivity contribution in [3.8, 4) is 11.5 Å². The first-order valence-electron chi connectivity index (χ1n) is 7.57. The van der Waals surface area contributed by atoms with Crippen LogP contribution in [0, 0.1) is 5.92 Å². The Labute approximate surface area is 131 Å². The zero-order valence-corrected chi connectivity index (χ0v) is 13.8. The Morgan fingerprint density at radius 2 is 1.91 bits per heavy atom. The van der Waals surface area contributed by atoms with E-state index in [0.717, 1.165) is 18.4 Å². The van der Waals surface area contributed by atoms with E-state index in [1.165, 1.54) is 4.31 Å². The molecule has 3 rings (SSSR count). The van der Waals surface area contributed by atoms with Crippen molar-refractivity contribution in [2.75, 3.05) is 26.9 Å². The van der Waals surface area contributed by atoms with Gasteiger partial charge in [-0.2, -0.15) is 17.0 Å². The standard InChI is InChI=1S/C15H22N2O4S/c1-12-5-7-17(8-6-12)22(18,19)16(2)10-13-3-4-14-15(9-13)21-11-20-14/h3-4,9,12H,5-8,10-11H2,1-2H3. The minimum atomic E-state index is -3.40. The summed E-state index contributed by atoms with van der Waals surface area (Å²) in [6.07, 6.45) is 1.86. The number of hydrogen-bond donors (Lipinski definition) is 0. The van der Waals surface area contributed by atoms with Crippen LogP contribution < -0.4 is 9.47 Å². The first-order valence-corrected chi connectivity index (χ1v) is 8.96. The third kappa shape index (κ3) is 3.06. The molecule has 0 aromatic heterocycles. The average molecular weight is 326 g/mol. The van der Waals surface area contributed by atoms with Gasteiger partial charge in [-0.3, -0.25) is 0 Å². The Morgan fingerprint density at radius 1 is 1.23 bits per heavy atom. The van der Waals surface area contributed by atoms with Crippen molar-refractivity contribution < 1.29 is 17.9 Å². The van der Waals surface area contributed by atoms with E-state index >= 15 is 0 Å². The first kappa shape index (κ1) is 15.6. The molecule has 2 heterocycles. The molecule has 0 bridgehead atoms. The maximum atomic E-state index is 12.6. The van der Waals surface area contributed by atoms with Gasteiger partial charge in [-0.15, -0.1) is 0 Å². The molecule has 2 aliphatic rings. The van der Waals surface area contributed by atoms with Crippen molar-refractivity contribution >= 4 is 10.2 Å². The first-order chi connectivity index (χ1) is 10.5. The summed E-state index contributed by atoms with van der Waals surface area (Å²) < 4.78 is 38.8. The number of nitrogens with zero attached hydrogens (tertiary/aromatic N) is 2. The summed E-state index contributed by atoms with van der Waals surface area (Å²) in [4.78, 5) is 0. The fraction of sp³-hybridized carbons (Fsp3) is 0.600. The number of hydrogen-bond acceptors (Lipinski definition) is 4. The van der Waals surface area contributed by atoms with Crippen LogP contribution in [0.25, 0.3) is 0 Å². The lowest BCUT2D eigenvalue weighted by atomic mass is 10.0. The molecule has 0 atom stereocenters. The van der Waals surface area contributed by atoms with Crippen molar-refractivity contribution in [2.45, 2.75) is 26.3 Å². The highest BCUT2D eigenvalue weighted by Gasteiger charge is 2.30. The van der Waals surface area contributed by atoms with Crippen LogP contribution in [-0.4, -0.2) is 44.0 Å². The summed E-state index contributed by atoms with van der Waals surface area (Å²) in [6, 6.07) is 5.53. The van der Waals surface area contributed by atoms with Gasteiger partial charge in [0.15, 0.2) is 11.5 Å². The number of piperidine rings is 1. The Morgan fingerprint density at radius 3 is 2.64 bits per heavy atom. The number of ether oxygens (including phenoxy) is 2. The molecule has 22 heavy (non-hydrogen) atoms. The van der Waals surface area contributed by atoms with Crippen molar-refractivity contribution in [2.24, 2.45) is 5.92 Å². The molecule has 7 heteroatoms. The molecule has 1 aromatic carbocycles. The zero-order valence-electron chi connectivity index (χ0n) is 13.0. The summed E-state index contributed by atoms with van der Waals surface area (Å²) in [6.45, 7) is 3.92. The van der Waals surface area contributed by atoms with Crippen LogP contribution in [0.15, 0.2) is 18.2 Å². The van der Waals surface area contributed by atoms with E-state index in [-0.39, 0.29) is 6.79 Å². The van der Waals surface area contributed by atoms with Gasteiger partial charge in [0, 0.05) is 26.7 Å². The van der Waals surface area contributed by atoms with Crippen LogP contribution in [0.4, 0.5) is 0 Å². The summed E-state index contributed by atoms with van der Waals surface area (Å²) in [5, 5.41) is 0. The molecule has 1 fully saturated rings. The van der Waals surface area contributed by atoms with E-state index in [4.69, 9.17) is 9.47 Å². The fourth-order valence-electron chi connectivity index (χ4n) is 2.79. The summed E-state index contributed by atoms with van der Waals surface area (Å²) in [7, 11) is -1.78. The van der Waals surface area contributed by atoms with Crippen molar-refractivity contribution in [3.05, 3.63) is 23.8 Å². The summed E-state index contributed by atoms with van der Waals surface area (Å²) >= 11 is 0. The monoisotopic (exact) mass is 326 g/mol. The number of benzene rings is 1. The SMILES string of the molecule is CC1CCN(S(=O)(=O)N(C)Cc2ccc3c(c2)OCO3)CC1. The van der Waals surface area contributed by atoms with E-state index in [0.29, 0.717) is 37.1 Å². The lowest BCUT2D eigenvalue weighted by Gasteiger charge is -2.32. The van der Waals surface area contributed by atoms with Crippen LogP contribution in [0.1, 0.15) is 25.3 Å². The minimum absolute atomic E-state index is 0.221.